The molecule has 0 fully saturated rings. The number of hydrogen-bond donors (Lipinski definition) is 0. The van der Waals surface area contributed by atoms with Crippen LogP contribution in [0.25, 0.3) is 0 Å². The van der Waals surface area contributed by atoms with Gasteiger partial charge in [0.15, 0.2) is 5.12 Å². The maximum Gasteiger partial charge on any atom is 0.325 e. The second kappa shape index (κ2) is 15.0. The van der Waals surface area contributed by atoms with E-state index >= 15 is 0 Å². The standard InChI is InChI=1S/C31H36N2O5S/c1-23(34)39-22-26(13-10-24-8-6-5-7-9-24)31(36)33(20-30(35)37-4)28-16-18-29(19-17-28)38-21-25-11-14-27(15-12-25)32(2)3/h5-9,11-12,14-19,26H,10,13,20-22H2,1-4H3. The normalized spacial score (nSPS) is 11.4. The molecule has 0 heterocycles. The van der Waals surface area contributed by atoms with Crippen LogP contribution in [0.1, 0.15) is 24.5 Å². The summed E-state index contributed by atoms with van der Waals surface area (Å²) in [5.74, 6) is -0.212. The SMILES string of the molecule is COC(=O)CN(C(=O)C(CCc1ccccc1)CSC(C)=O)c1ccc(OCc2ccc(N(C)C)cc2)cc1. The summed E-state index contributed by atoms with van der Waals surface area (Å²) in [7, 11) is 5.29. The van der Waals surface area contributed by atoms with Gasteiger partial charge in [-0.3, -0.25) is 14.4 Å². The summed E-state index contributed by atoms with van der Waals surface area (Å²) in [5, 5.41) is -0.0510. The lowest BCUT2D eigenvalue weighted by Gasteiger charge is -2.27. The number of carbonyl (C=O) groups is 3. The van der Waals surface area contributed by atoms with E-state index in [2.05, 4.69) is 0 Å². The quantitative estimate of drug-likeness (QED) is 0.266. The Morgan fingerprint density at radius 3 is 2.08 bits per heavy atom. The molecule has 3 rings (SSSR count). The molecule has 0 aliphatic carbocycles. The predicted octanol–water partition coefficient (Wildman–Crippen LogP) is 5.37. The molecule has 0 saturated carbocycles. The van der Waals surface area contributed by atoms with Gasteiger partial charge in [-0.1, -0.05) is 54.2 Å². The molecule has 0 radical (unpaired) electrons. The number of anilines is 2. The first-order valence-electron chi connectivity index (χ1n) is 12.8. The third kappa shape index (κ3) is 9.48. The van der Waals surface area contributed by atoms with E-state index in [4.69, 9.17) is 9.47 Å². The van der Waals surface area contributed by atoms with Crippen molar-refractivity contribution in [1.82, 2.24) is 0 Å². The van der Waals surface area contributed by atoms with Crippen LogP contribution in [0.5, 0.6) is 5.75 Å². The molecule has 39 heavy (non-hydrogen) atoms. The van der Waals surface area contributed by atoms with Crippen LogP contribution in [0.2, 0.25) is 0 Å². The summed E-state index contributed by atoms with van der Waals surface area (Å²) in [6.07, 6.45) is 1.23. The van der Waals surface area contributed by atoms with Gasteiger partial charge in [-0.2, -0.15) is 0 Å². The molecule has 0 bridgehead atoms. The minimum atomic E-state index is -0.522. The summed E-state index contributed by atoms with van der Waals surface area (Å²) in [5.41, 5.74) is 3.82. The molecule has 3 aromatic carbocycles. The smallest absolute Gasteiger partial charge is 0.325 e. The number of ether oxygens (including phenoxy) is 2. The van der Waals surface area contributed by atoms with Crippen molar-refractivity contribution in [3.05, 3.63) is 90.0 Å². The summed E-state index contributed by atoms with van der Waals surface area (Å²) in [6.45, 7) is 1.67. The maximum absolute atomic E-state index is 13.8. The predicted molar refractivity (Wildman–Crippen MR) is 157 cm³/mol. The lowest BCUT2D eigenvalue weighted by atomic mass is 9.99. The lowest BCUT2D eigenvalue weighted by Crippen LogP contribution is -2.41. The van der Waals surface area contributed by atoms with Crippen molar-refractivity contribution in [2.45, 2.75) is 26.4 Å². The third-order valence-corrected chi connectivity index (χ3v) is 7.22. The number of nitrogens with zero attached hydrogens (tertiary/aromatic N) is 2. The zero-order chi connectivity index (χ0) is 28.2. The van der Waals surface area contributed by atoms with E-state index in [1.54, 1.807) is 24.3 Å². The highest BCUT2D eigenvalue weighted by atomic mass is 32.2. The van der Waals surface area contributed by atoms with E-state index in [0.29, 0.717) is 36.6 Å². The van der Waals surface area contributed by atoms with Crippen molar-refractivity contribution in [3.63, 3.8) is 0 Å². The Hall–Kier alpha value is -3.78. The van der Waals surface area contributed by atoms with Crippen molar-refractivity contribution in [2.24, 2.45) is 5.92 Å². The number of esters is 1. The monoisotopic (exact) mass is 548 g/mol. The Balaban J connectivity index is 1.74. The number of hydrogen-bond acceptors (Lipinski definition) is 7. The first-order valence-corrected chi connectivity index (χ1v) is 13.8. The Kier molecular flexibility index (Phi) is 11.4. The Morgan fingerprint density at radius 2 is 1.49 bits per heavy atom. The Labute approximate surface area is 235 Å². The fourth-order valence-electron chi connectivity index (χ4n) is 3.97. The molecule has 0 N–H and O–H groups in total. The number of methoxy groups -OCH3 is 1. The number of amides is 1. The van der Waals surface area contributed by atoms with E-state index in [-0.39, 0.29) is 17.6 Å². The van der Waals surface area contributed by atoms with Crippen LogP contribution in [0, 0.1) is 5.92 Å². The molecule has 1 atom stereocenters. The number of aryl methyl sites for hydroxylation is 1. The van der Waals surface area contributed by atoms with Gasteiger partial charge in [0.1, 0.15) is 18.9 Å². The van der Waals surface area contributed by atoms with E-state index in [1.807, 2.05) is 73.6 Å². The minimum Gasteiger partial charge on any atom is -0.489 e. The number of rotatable bonds is 13. The fourth-order valence-corrected chi connectivity index (χ4v) is 4.72. The van der Waals surface area contributed by atoms with Gasteiger partial charge < -0.3 is 19.3 Å². The van der Waals surface area contributed by atoms with Crippen LogP contribution >= 0.6 is 11.8 Å². The Bertz CT molecular complexity index is 1210. The number of thioether (sulfide) groups is 1. The van der Waals surface area contributed by atoms with E-state index in [1.165, 1.54) is 18.9 Å². The van der Waals surface area contributed by atoms with Gasteiger partial charge in [0.05, 0.1) is 7.11 Å². The van der Waals surface area contributed by atoms with Crippen LogP contribution in [0.3, 0.4) is 0 Å². The van der Waals surface area contributed by atoms with Crippen LogP contribution in [-0.4, -0.2) is 50.5 Å². The first kappa shape index (κ1) is 29.8. The molecule has 7 nitrogen and oxygen atoms in total. The molecule has 3 aromatic rings. The Morgan fingerprint density at radius 1 is 0.846 bits per heavy atom. The van der Waals surface area contributed by atoms with E-state index in [9.17, 15) is 14.4 Å². The molecule has 0 spiro atoms. The zero-order valence-corrected chi connectivity index (χ0v) is 23.8. The maximum atomic E-state index is 13.8. The van der Waals surface area contributed by atoms with Gasteiger partial charge in [0.25, 0.3) is 0 Å². The largest absolute Gasteiger partial charge is 0.489 e. The topological polar surface area (TPSA) is 76.1 Å². The van der Waals surface area contributed by atoms with Crippen molar-refractivity contribution < 1.29 is 23.9 Å². The molecule has 1 unspecified atom stereocenters. The molecular weight excluding hydrogens is 512 g/mol. The summed E-state index contributed by atoms with van der Waals surface area (Å²) >= 11 is 1.12. The molecule has 0 saturated heterocycles. The van der Waals surface area contributed by atoms with Crippen molar-refractivity contribution in [3.8, 4) is 5.75 Å². The van der Waals surface area contributed by atoms with Gasteiger partial charge in [-0.25, -0.2) is 0 Å². The average molecular weight is 549 g/mol. The lowest BCUT2D eigenvalue weighted by molar-refractivity contribution is -0.140. The van der Waals surface area contributed by atoms with Crippen LogP contribution in [0.15, 0.2) is 78.9 Å². The number of benzene rings is 3. The van der Waals surface area contributed by atoms with Crippen molar-refractivity contribution in [2.75, 3.05) is 43.3 Å². The second-order valence-electron chi connectivity index (χ2n) is 9.37. The molecule has 1 amide bonds. The molecular formula is C31H36N2O5S. The zero-order valence-electron chi connectivity index (χ0n) is 23.0. The van der Waals surface area contributed by atoms with Crippen LogP contribution in [0.4, 0.5) is 11.4 Å². The van der Waals surface area contributed by atoms with Crippen molar-refractivity contribution in [1.29, 1.82) is 0 Å². The van der Waals surface area contributed by atoms with E-state index < -0.39 is 11.9 Å². The van der Waals surface area contributed by atoms with Crippen LogP contribution < -0.4 is 14.5 Å². The van der Waals surface area contributed by atoms with Gasteiger partial charge in [-0.15, -0.1) is 0 Å². The highest BCUT2D eigenvalue weighted by Crippen LogP contribution is 2.25. The van der Waals surface area contributed by atoms with E-state index in [0.717, 1.165) is 28.6 Å². The van der Waals surface area contributed by atoms with Gasteiger partial charge >= 0.3 is 5.97 Å². The average Bonchev–Trinajstić information content (AvgIpc) is 2.95. The summed E-state index contributed by atoms with van der Waals surface area (Å²) in [6, 6.07) is 25.1. The minimum absolute atomic E-state index is 0.0510. The van der Waals surface area contributed by atoms with Gasteiger partial charge in [-0.05, 0) is 60.4 Å². The highest BCUT2D eigenvalue weighted by Gasteiger charge is 2.28. The second-order valence-corrected chi connectivity index (χ2v) is 10.6. The van der Waals surface area contributed by atoms with Gasteiger partial charge in [0, 0.05) is 44.1 Å². The highest BCUT2D eigenvalue weighted by molar-refractivity contribution is 8.13. The first-order chi connectivity index (χ1) is 18.8. The third-order valence-electron chi connectivity index (χ3n) is 6.25. The summed E-state index contributed by atoms with van der Waals surface area (Å²) < 4.78 is 10.8. The van der Waals surface area contributed by atoms with Crippen LogP contribution in [-0.2, 0) is 32.1 Å². The molecule has 206 valence electrons. The fraction of sp³-hybridized carbons (Fsp3) is 0.323. The summed E-state index contributed by atoms with van der Waals surface area (Å²) in [4.78, 5) is 41.2. The molecule has 8 heteroatoms. The van der Waals surface area contributed by atoms with Crippen molar-refractivity contribution >= 4 is 40.1 Å². The molecule has 0 aliphatic heterocycles. The van der Waals surface area contributed by atoms with Gasteiger partial charge in [0.2, 0.25) is 5.91 Å². The molecule has 0 aliphatic rings. The number of carbonyl (C=O) groups excluding carboxylic acids is 3. The molecule has 0 aromatic heterocycles.